The zero-order chi connectivity index (χ0) is 33.4. The van der Waals surface area contributed by atoms with Crippen molar-refractivity contribution in [3.8, 4) is 0 Å². The van der Waals surface area contributed by atoms with Crippen molar-refractivity contribution in [2.75, 3.05) is 33.3 Å². The number of likely N-dealkylation sites (tertiary alicyclic amines) is 1. The summed E-state index contributed by atoms with van der Waals surface area (Å²) in [6.07, 6.45) is 5.00. The highest BCUT2D eigenvalue weighted by Gasteiger charge is 2.42. The fourth-order valence-electron chi connectivity index (χ4n) is 7.38. The fraction of sp³-hybridized carbons (Fsp3) is 0.395. The van der Waals surface area contributed by atoms with E-state index in [0.29, 0.717) is 29.9 Å². The summed E-state index contributed by atoms with van der Waals surface area (Å²) in [5.41, 5.74) is 5.35. The lowest BCUT2D eigenvalue weighted by Crippen LogP contribution is -2.44. The number of non-ortho nitro benzene ring substituents is 1. The van der Waals surface area contributed by atoms with Crippen molar-refractivity contribution < 1.29 is 19.2 Å². The van der Waals surface area contributed by atoms with E-state index in [9.17, 15) is 19.7 Å². The number of amides is 1. The van der Waals surface area contributed by atoms with Crippen LogP contribution < -0.4 is 0 Å². The number of ether oxygens (including phenoxy) is 1. The second kappa shape index (κ2) is 15.3. The number of allylic oxidation sites excluding steroid dienone is 2. The summed E-state index contributed by atoms with van der Waals surface area (Å²) in [6.45, 7) is 7.01. The van der Waals surface area contributed by atoms with E-state index in [0.717, 1.165) is 57.4 Å². The van der Waals surface area contributed by atoms with Crippen LogP contribution in [0.5, 0.6) is 0 Å². The fourth-order valence-corrected chi connectivity index (χ4v) is 7.38. The SMILES string of the molecule is CCCC1=C(N(C=O)CCCN2CCC(c3ccccc3)(c3ccccc3)CC2)C(c2ccc([N+](=O)[O-])cc2)C(C(=O)OC)C(C)=N1. The normalized spacial score (nSPS) is 19.5. The Labute approximate surface area is 277 Å². The number of methoxy groups -OCH3 is 1. The van der Waals surface area contributed by atoms with Crippen LogP contribution in [0.1, 0.15) is 68.6 Å². The van der Waals surface area contributed by atoms with Crippen LogP contribution in [0.2, 0.25) is 0 Å². The summed E-state index contributed by atoms with van der Waals surface area (Å²) < 4.78 is 5.21. The minimum Gasteiger partial charge on any atom is -0.468 e. The molecule has 246 valence electrons. The highest BCUT2D eigenvalue weighted by atomic mass is 16.6. The van der Waals surface area contributed by atoms with E-state index < -0.39 is 22.7 Å². The Balaban J connectivity index is 1.36. The van der Waals surface area contributed by atoms with Gasteiger partial charge >= 0.3 is 5.97 Å². The molecule has 3 aromatic rings. The summed E-state index contributed by atoms with van der Waals surface area (Å²) >= 11 is 0. The Morgan fingerprint density at radius 1 is 1.02 bits per heavy atom. The molecule has 0 bridgehead atoms. The molecule has 5 rings (SSSR count). The van der Waals surface area contributed by atoms with Gasteiger partial charge in [0.2, 0.25) is 6.41 Å². The summed E-state index contributed by atoms with van der Waals surface area (Å²) in [5, 5.41) is 11.4. The third-order valence-corrected chi connectivity index (χ3v) is 9.76. The second-order valence-electron chi connectivity index (χ2n) is 12.5. The van der Waals surface area contributed by atoms with Crippen molar-refractivity contribution in [2.45, 2.75) is 57.3 Å². The number of piperidine rings is 1. The van der Waals surface area contributed by atoms with Gasteiger partial charge in [-0.05, 0) is 68.9 Å². The molecule has 9 nitrogen and oxygen atoms in total. The minimum absolute atomic E-state index is 0.0352. The number of aliphatic imine (C=N–C) groups is 1. The van der Waals surface area contributed by atoms with Gasteiger partial charge in [-0.2, -0.15) is 0 Å². The average Bonchev–Trinajstić information content (AvgIpc) is 3.11. The molecule has 2 unspecified atom stereocenters. The molecule has 1 amide bonds. The first-order chi connectivity index (χ1) is 22.8. The van der Waals surface area contributed by atoms with Crippen LogP contribution in [0.4, 0.5) is 5.69 Å². The molecular weight excluding hydrogens is 592 g/mol. The number of esters is 1. The summed E-state index contributed by atoms with van der Waals surface area (Å²) in [7, 11) is 1.34. The van der Waals surface area contributed by atoms with Gasteiger partial charge in [-0.25, -0.2) is 0 Å². The van der Waals surface area contributed by atoms with Gasteiger partial charge < -0.3 is 14.5 Å². The second-order valence-corrected chi connectivity index (χ2v) is 12.5. The van der Waals surface area contributed by atoms with Gasteiger partial charge in [0.15, 0.2) is 0 Å². The van der Waals surface area contributed by atoms with Crippen molar-refractivity contribution in [1.29, 1.82) is 0 Å². The van der Waals surface area contributed by atoms with Gasteiger partial charge in [0.25, 0.3) is 5.69 Å². The van der Waals surface area contributed by atoms with E-state index in [1.165, 1.54) is 30.4 Å². The van der Waals surface area contributed by atoms with Crippen LogP contribution in [0, 0.1) is 16.0 Å². The first-order valence-electron chi connectivity index (χ1n) is 16.5. The highest BCUT2D eigenvalue weighted by molar-refractivity contribution is 6.03. The molecule has 1 saturated heterocycles. The van der Waals surface area contributed by atoms with Gasteiger partial charge in [-0.3, -0.25) is 24.7 Å². The van der Waals surface area contributed by atoms with E-state index in [1.54, 1.807) is 24.0 Å². The zero-order valence-electron chi connectivity index (χ0n) is 27.5. The number of carbonyl (C=O) groups excluding carboxylic acids is 2. The van der Waals surface area contributed by atoms with Gasteiger partial charge in [-0.1, -0.05) is 86.1 Å². The van der Waals surface area contributed by atoms with Crippen LogP contribution >= 0.6 is 0 Å². The lowest BCUT2D eigenvalue weighted by Gasteiger charge is -2.43. The molecule has 2 atom stereocenters. The van der Waals surface area contributed by atoms with Crippen LogP contribution in [-0.2, 0) is 19.7 Å². The third-order valence-electron chi connectivity index (χ3n) is 9.76. The Morgan fingerprint density at radius 2 is 1.62 bits per heavy atom. The van der Waals surface area contributed by atoms with Crippen LogP contribution in [0.25, 0.3) is 0 Å². The molecule has 0 aliphatic carbocycles. The van der Waals surface area contributed by atoms with Crippen molar-refractivity contribution >= 4 is 23.8 Å². The average molecular weight is 637 g/mol. The molecule has 1 fully saturated rings. The standard InChI is InChI=1S/C38H44N4O5/c1-4-12-33-36(35(34(28(2)39-33)37(44)47-3)29-17-19-32(20-18-29)42(45)46)41(27-43)24-11-23-40-25-21-38(22-26-40,30-13-7-5-8-14-30)31-15-9-6-10-16-31/h5-10,13-20,27,34-35H,4,11-12,21-26H2,1-3H3. The highest BCUT2D eigenvalue weighted by Crippen LogP contribution is 2.43. The number of nitro groups is 1. The van der Waals surface area contributed by atoms with Crippen LogP contribution in [-0.4, -0.2) is 66.1 Å². The van der Waals surface area contributed by atoms with Crippen LogP contribution in [0.15, 0.2) is 101 Å². The van der Waals surface area contributed by atoms with Gasteiger partial charge in [0.1, 0.15) is 5.92 Å². The zero-order valence-corrected chi connectivity index (χ0v) is 27.5. The van der Waals surface area contributed by atoms with E-state index in [-0.39, 0.29) is 11.1 Å². The van der Waals surface area contributed by atoms with E-state index in [1.807, 2.05) is 0 Å². The number of hydrogen-bond donors (Lipinski definition) is 0. The number of rotatable bonds is 13. The molecule has 9 heteroatoms. The maximum absolute atomic E-state index is 13.2. The van der Waals surface area contributed by atoms with Crippen molar-refractivity contribution in [1.82, 2.24) is 9.80 Å². The smallest absolute Gasteiger partial charge is 0.315 e. The lowest BCUT2D eigenvalue weighted by molar-refractivity contribution is -0.384. The molecule has 3 aromatic carbocycles. The van der Waals surface area contributed by atoms with Gasteiger partial charge in [0, 0.05) is 35.7 Å². The quantitative estimate of drug-likeness (QED) is 0.0876. The summed E-state index contributed by atoms with van der Waals surface area (Å²) in [6, 6.07) is 27.8. The largest absolute Gasteiger partial charge is 0.468 e. The number of nitrogens with zero attached hydrogens (tertiary/aromatic N) is 4. The van der Waals surface area contributed by atoms with E-state index in [2.05, 4.69) is 72.5 Å². The molecule has 2 aliphatic heterocycles. The van der Waals surface area contributed by atoms with Gasteiger partial charge in [0.05, 0.1) is 23.4 Å². The maximum Gasteiger partial charge on any atom is 0.315 e. The van der Waals surface area contributed by atoms with E-state index in [4.69, 9.17) is 9.73 Å². The lowest BCUT2D eigenvalue weighted by atomic mass is 9.68. The molecule has 0 N–H and O–H groups in total. The Morgan fingerprint density at radius 3 is 2.13 bits per heavy atom. The minimum atomic E-state index is -0.759. The predicted octanol–water partition coefficient (Wildman–Crippen LogP) is 6.88. The first kappa shape index (κ1) is 33.7. The molecule has 0 aromatic heterocycles. The number of hydrogen-bond acceptors (Lipinski definition) is 7. The molecule has 47 heavy (non-hydrogen) atoms. The number of nitro benzene ring substituents is 1. The molecule has 0 saturated carbocycles. The molecule has 2 aliphatic rings. The first-order valence-corrected chi connectivity index (χ1v) is 16.5. The topological polar surface area (TPSA) is 105 Å². The maximum atomic E-state index is 13.2. The monoisotopic (exact) mass is 636 g/mol. The predicted molar refractivity (Wildman–Crippen MR) is 183 cm³/mol. The summed E-state index contributed by atoms with van der Waals surface area (Å²) in [5.74, 6) is -1.78. The number of benzene rings is 3. The third kappa shape index (κ3) is 7.20. The Bertz CT molecular complexity index is 1550. The van der Waals surface area contributed by atoms with Gasteiger partial charge in [-0.15, -0.1) is 0 Å². The van der Waals surface area contributed by atoms with E-state index >= 15 is 0 Å². The van der Waals surface area contributed by atoms with Crippen LogP contribution in [0.3, 0.4) is 0 Å². The molecular formula is C38H44N4O5. The molecule has 0 radical (unpaired) electrons. The Kier molecular flexibility index (Phi) is 11.0. The van der Waals surface area contributed by atoms with Crippen molar-refractivity contribution in [3.05, 3.63) is 123 Å². The molecule has 2 heterocycles. The molecule has 0 spiro atoms. The number of carbonyl (C=O) groups is 2. The van der Waals surface area contributed by atoms with Crippen molar-refractivity contribution in [2.24, 2.45) is 10.9 Å². The van der Waals surface area contributed by atoms with Crippen molar-refractivity contribution in [3.63, 3.8) is 0 Å². The Hall–Kier alpha value is -4.63. The summed E-state index contributed by atoms with van der Waals surface area (Å²) in [4.78, 5) is 46.0.